The van der Waals surface area contributed by atoms with Crippen LogP contribution in [0.5, 0.6) is 0 Å². The van der Waals surface area contributed by atoms with Crippen LogP contribution in [0.15, 0.2) is 0 Å². The molecule has 2 N–H and O–H groups in total. The average molecular weight is 286 g/mol. The van der Waals surface area contributed by atoms with Crippen LogP contribution in [0.25, 0.3) is 0 Å². The molecule has 5 nitrogen and oxygen atoms in total. The zero-order valence-corrected chi connectivity index (χ0v) is 13.7. The molecule has 118 valence electrons. The van der Waals surface area contributed by atoms with Gasteiger partial charge in [0.05, 0.1) is 12.5 Å². The van der Waals surface area contributed by atoms with Crippen molar-refractivity contribution in [2.24, 2.45) is 5.92 Å². The van der Waals surface area contributed by atoms with Crippen molar-refractivity contribution < 1.29 is 14.7 Å². The molecule has 0 aliphatic carbocycles. The van der Waals surface area contributed by atoms with E-state index in [9.17, 15) is 9.59 Å². The molecule has 0 fully saturated rings. The summed E-state index contributed by atoms with van der Waals surface area (Å²) in [4.78, 5) is 24.8. The Morgan fingerprint density at radius 3 is 2.15 bits per heavy atom. The number of rotatable bonds is 8. The summed E-state index contributed by atoms with van der Waals surface area (Å²) in [6.45, 7) is 13.1. The highest BCUT2D eigenvalue weighted by Gasteiger charge is 2.30. The van der Waals surface area contributed by atoms with Crippen LogP contribution in [-0.2, 0) is 9.59 Å². The van der Waals surface area contributed by atoms with Crippen molar-refractivity contribution in [1.82, 2.24) is 10.2 Å². The minimum Gasteiger partial charge on any atom is -0.481 e. The largest absolute Gasteiger partial charge is 0.481 e. The van der Waals surface area contributed by atoms with E-state index in [1.54, 1.807) is 0 Å². The lowest BCUT2D eigenvalue weighted by atomic mass is 10.0. The molecule has 0 aromatic heterocycles. The van der Waals surface area contributed by atoms with E-state index in [-0.39, 0.29) is 23.9 Å². The maximum absolute atomic E-state index is 12.2. The normalized spacial score (nSPS) is 13.6. The summed E-state index contributed by atoms with van der Waals surface area (Å²) in [5.41, 5.74) is -0.246. The van der Waals surface area contributed by atoms with Crippen molar-refractivity contribution in [1.29, 1.82) is 0 Å². The predicted octanol–water partition coefficient (Wildman–Crippen LogP) is 2.11. The second kappa shape index (κ2) is 8.25. The standard InChI is InChI=1S/C15H30N2O3/c1-11(2)7-9-16-14(20)12(3)17(15(4,5)6)10-8-13(18)19/h11-12H,7-10H2,1-6H3,(H,16,20)(H,18,19). The Morgan fingerprint density at radius 1 is 1.20 bits per heavy atom. The molecule has 0 aromatic rings. The van der Waals surface area contributed by atoms with Gasteiger partial charge >= 0.3 is 5.97 Å². The van der Waals surface area contributed by atoms with Crippen LogP contribution in [0.4, 0.5) is 0 Å². The van der Waals surface area contributed by atoms with E-state index in [0.717, 1.165) is 6.42 Å². The lowest BCUT2D eigenvalue weighted by molar-refractivity contribution is -0.139. The fourth-order valence-electron chi connectivity index (χ4n) is 2.10. The van der Waals surface area contributed by atoms with Crippen molar-refractivity contribution in [3.8, 4) is 0 Å². The number of nitrogens with one attached hydrogen (secondary N) is 1. The van der Waals surface area contributed by atoms with Gasteiger partial charge in [-0.05, 0) is 40.0 Å². The maximum atomic E-state index is 12.2. The predicted molar refractivity (Wildman–Crippen MR) is 80.6 cm³/mol. The second-order valence-electron chi connectivity index (χ2n) is 6.66. The quantitative estimate of drug-likeness (QED) is 0.717. The van der Waals surface area contributed by atoms with Gasteiger partial charge in [0.25, 0.3) is 0 Å². The van der Waals surface area contributed by atoms with Gasteiger partial charge in [0.15, 0.2) is 0 Å². The number of carboxylic acid groups (broad SMARTS) is 1. The van der Waals surface area contributed by atoms with Gasteiger partial charge in [-0.25, -0.2) is 0 Å². The minimum absolute atomic E-state index is 0.0361. The number of carboxylic acids is 1. The van der Waals surface area contributed by atoms with Crippen molar-refractivity contribution >= 4 is 11.9 Å². The molecule has 5 heteroatoms. The fraction of sp³-hybridized carbons (Fsp3) is 0.867. The average Bonchev–Trinajstić information content (AvgIpc) is 2.25. The number of carbonyl (C=O) groups excluding carboxylic acids is 1. The Labute approximate surface area is 122 Å². The zero-order valence-electron chi connectivity index (χ0n) is 13.7. The first-order valence-corrected chi connectivity index (χ1v) is 7.32. The summed E-state index contributed by atoms with van der Waals surface area (Å²) in [6, 6.07) is -0.332. The molecule has 0 aliphatic heterocycles. The van der Waals surface area contributed by atoms with E-state index in [2.05, 4.69) is 19.2 Å². The third-order valence-corrected chi connectivity index (χ3v) is 3.30. The van der Waals surface area contributed by atoms with Gasteiger partial charge in [0.2, 0.25) is 5.91 Å². The number of carbonyl (C=O) groups is 2. The minimum atomic E-state index is -0.841. The van der Waals surface area contributed by atoms with Crippen molar-refractivity contribution in [3.63, 3.8) is 0 Å². The summed E-state index contributed by atoms with van der Waals surface area (Å²) in [6.07, 6.45) is 0.990. The monoisotopic (exact) mass is 286 g/mol. The second-order valence-corrected chi connectivity index (χ2v) is 6.66. The molecule has 0 saturated carbocycles. The molecular formula is C15H30N2O3. The molecule has 0 radical (unpaired) electrons. The zero-order chi connectivity index (χ0) is 15.9. The first-order chi connectivity index (χ1) is 9.05. The summed E-state index contributed by atoms with van der Waals surface area (Å²) in [7, 11) is 0. The fourth-order valence-corrected chi connectivity index (χ4v) is 2.10. The van der Waals surface area contributed by atoms with Gasteiger partial charge in [-0.1, -0.05) is 13.8 Å². The molecular weight excluding hydrogens is 256 g/mol. The van der Waals surface area contributed by atoms with Crippen LogP contribution in [0.3, 0.4) is 0 Å². The van der Waals surface area contributed by atoms with Crippen molar-refractivity contribution in [3.05, 3.63) is 0 Å². The van der Waals surface area contributed by atoms with E-state index in [4.69, 9.17) is 5.11 Å². The number of nitrogens with zero attached hydrogens (tertiary/aromatic N) is 1. The van der Waals surface area contributed by atoms with Crippen LogP contribution in [0.1, 0.15) is 54.4 Å². The van der Waals surface area contributed by atoms with E-state index in [1.807, 2.05) is 32.6 Å². The highest BCUT2D eigenvalue weighted by molar-refractivity contribution is 5.81. The number of aliphatic carboxylic acids is 1. The Bertz CT molecular complexity index is 322. The summed E-state index contributed by atoms with van der Waals surface area (Å²) >= 11 is 0. The number of hydrogen-bond donors (Lipinski definition) is 2. The molecule has 0 spiro atoms. The number of hydrogen-bond acceptors (Lipinski definition) is 3. The van der Waals surface area contributed by atoms with Gasteiger partial charge < -0.3 is 10.4 Å². The molecule has 0 bridgehead atoms. The molecule has 0 aromatic carbocycles. The third-order valence-electron chi connectivity index (χ3n) is 3.30. The molecule has 0 heterocycles. The highest BCUT2D eigenvalue weighted by Crippen LogP contribution is 2.17. The Balaban J connectivity index is 4.56. The van der Waals surface area contributed by atoms with E-state index in [1.165, 1.54) is 0 Å². The summed E-state index contributed by atoms with van der Waals surface area (Å²) < 4.78 is 0. The van der Waals surface area contributed by atoms with Gasteiger partial charge in [0, 0.05) is 18.6 Å². The Hall–Kier alpha value is -1.10. The van der Waals surface area contributed by atoms with Crippen LogP contribution in [0, 0.1) is 5.92 Å². The lowest BCUT2D eigenvalue weighted by Gasteiger charge is -2.39. The van der Waals surface area contributed by atoms with E-state index < -0.39 is 5.97 Å². The molecule has 0 rings (SSSR count). The number of amides is 1. The summed E-state index contributed by atoms with van der Waals surface area (Å²) in [5.74, 6) is -0.325. The first kappa shape index (κ1) is 18.9. The van der Waals surface area contributed by atoms with Gasteiger partial charge in [-0.3, -0.25) is 14.5 Å². The van der Waals surface area contributed by atoms with Crippen molar-refractivity contribution in [2.75, 3.05) is 13.1 Å². The lowest BCUT2D eigenvalue weighted by Crippen LogP contribution is -2.54. The summed E-state index contributed by atoms with van der Waals surface area (Å²) in [5, 5.41) is 11.7. The van der Waals surface area contributed by atoms with Gasteiger partial charge in [-0.15, -0.1) is 0 Å². The smallest absolute Gasteiger partial charge is 0.304 e. The molecule has 1 unspecified atom stereocenters. The van der Waals surface area contributed by atoms with Crippen molar-refractivity contribution in [2.45, 2.75) is 66.0 Å². The van der Waals surface area contributed by atoms with Crippen LogP contribution < -0.4 is 5.32 Å². The Morgan fingerprint density at radius 2 is 1.75 bits per heavy atom. The maximum Gasteiger partial charge on any atom is 0.304 e. The molecule has 1 amide bonds. The Kier molecular flexibility index (Phi) is 7.79. The molecule has 0 aliphatic rings. The van der Waals surface area contributed by atoms with Gasteiger partial charge in [0.1, 0.15) is 0 Å². The topological polar surface area (TPSA) is 69.6 Å². The van der Waals surface area contributed by atoms with E-state index in [0.29, 0.717) is 19.0 Å². The van der Waals surface area contributed by atoms with Crippen LogP contribution in [0.2, 0.25) is 0 Å². The SMILES string of the molecule is CC(C)CCNC(=O)C(C)N(CCC(=O)O)C(C)(C)C. The third kappa shape index (κ3) is 7.48. The van der Waals surface area contributed by atoms with Crippen LogP contribution >= 0.6 is 0 Å². The first-order valence-electron chi connectivity index (χ1n) is 7.32. The molecule has 1 atom stereocenters. The highest BCUT2D eigenvalue weighted by atomic mass is 16.4. The van der Waals surface area contributed by atoms with E-state index >= 15 is 0 Å². The molecule has 0 saturated heterocycles. The van der Waals surface area contributed by atoms with Gasteiger partial charge in [-0.2, -0.15) is 0 Å². The molecule has 20 heavy (non-hydrogen) atoms. The van der Waals surface area contributed by atoms with Crippen LogP contribution in [-0.4, -0.2) is 46.6 Å².